The number of hydrogen-bond donors (Lipinski definition) is 2. The summed E-state index contributed by atoms with van der Waals surface area (Å²) in [7, 11) is 0. The molecule has 0 fully saturated rings. The van der Waals surface area contributed by atoms with E-state index in [0.717, 1.165) is 17.8 Å². The number of anilines is 1. The molecule has 1 amide bonds. The zero-order valence-corrected chi connectivity index (χ0v) is 11.4. The molecule has 3 rings (SSSR count). The third-order valence-corrected chi connectivity index (χ3v) is 3.54. The third kappa shape index (κ3) is 2.42. The van der Waals surface area contributed by atoms with Crippen molar-refractivity contribution in [3.05, 3.63) is 59.4 Å². The predicted octanol–water partition coefficient (Wildman–Crippen LogP) is 2.28. The van der Waals surface area contributed by atoms with Gasteiger partial charge in [0, 0.05) is 18.1 Å². The van der Waals surface area contributed by atoms with Crippen molar-refractivity contribution in [1.29, 1.82) is 0 Å². The van der Waals surface area contributed by atoms with Gasteiger partial charge in [0.1, 0.15) is 0 Å². The lowest BCUT2D eigenvalue weighted by molar-refractivity contribution is -0.115. The van der Waals surface area contributed by atoms with Crippen molar-refractivity contribution in [1.82, 2.24) is 10.3 Å². The van der Waals surface area contributed by atoms with Gasteiger partial charge in [0.15, 0.2) is 0 Å². The van der Waals surface area contributed by atoms with Gasteiger partial charge in [-0.1, -0.05) is 19.1 Å². The largest absolute Gasteiger partial charge is 0.326 e. The molecule has 1 unspecified atom stereocenters. The minimum Gasteiger partial charge on any atom is -0.326 e. The number of carbonyl (C=O) groups excluding carboxylic acids is 1. The quantitative estimate of drug-likeness (QED) is 0.893. The molecule has 0 radical (unpaired) electrons. The molecule has 1 aliphatic heterocycles. The first-order chi connectivity index (χ1) is 9.78. The second-order valence-corrected chi connectivity index (χ2v) is 4.91. The van der Waals surface area contributed by atoms with E-state index in [4.69, 9.17) is 0 Å². The average Bonchev–Trinajstić information content (AvgIpc) is 2.84. The number of aromatic nitrogens is 1. The van der Waals surface area contributed by atoms with Crippen molar-refractivity contribution in [2.75, 3.05) is 11.9 Å². The van der Waals surface area contributed by atoms with E-state index in [9.17, 15) is 4.79 Å². The fourth-order valence-corrected chi connectivity index (χ4v) is 2.62. The van der Waals surface area contributed by atoms with E-state index in [0.29, 0.717) is 6.42 Å². The van der Waals surface area contributed by atoms with Crippen molar-refractivity contribution in [3.63, 3.8) is 0 Å². The van der Waals surface area contributed by atoms with Crippen LogP contribution in [0.4, 0.5) is 5.69 Å². The van der Waals surface area contributed by atoms with Crippen LogP contribution in [0.25, 0.3) is 0 Å². The van der Waals surface area contributed by atoms with E-state index in [-0.39, 0.29) is 11.9 Å². The Kier molecular flexibility index (Phi) is 3.48. The highest BCUT2D eigenvalue weighted by Crippen LogP contribution is 2.29. The summed E-state index contributed by atoms with van der Waals surface area (Å²) in [6.07, 6.45) is 4.08. The van der Waals surface area contributed by atoms with E-state index < -0.39 is 0 Å². The minimum atomic E-state index is 0.0704. The van der Waals surface area contributed by atoms with Crippen molar-refractivity contribution in [2.24, 2.45) is 0 Å². The van der Waals surface area contributed by atoms with Crippen LogP contribution in [-0.2, 0) is 11.2 Å². The van der Waals surface area contributed by atoms with Gasteiger partial charge in [-0.05, 0) is 41.4 Å². The van der Waals surface area contributed by atoms with Crippen molar-refractivity contribution >= 4 is 11.6 Å². The van der Waals surface area contributed by atoms with E-state index >= 15 is 0 Å². The molecule has 2 N–H and O–H groups in total. The number of nitrogens with one attached hydrogen (secondary N) is 2. The molecular weight excluding hydrogens is 250 g/mol. The molecule has 0 saturated heterocycles. The SMILES string of the molecule is CCNC(c1ccncc1)c1ccc2c(c1)CC(=O)N2. The van der Waals surface area contributed by atoms with Gasteiger partial charge >= 0.3 is 0 Å². The highest BCUT2D eigenvalue weighted by Gasteiger charge is 2.20. The maximum absolute atomic E-state index is 11.4. The molecule has 4 nitrogen and oxygen atoms in total. The Hall–Kier alpha value is -2.20. The van der Waals surface area contributed by atoms with Crippen LogP contribution in [0.2, 0.25) is 0 Å². The Balaban J connectivity index is 1.97. The van der Waals surface area contributed by atoms with Crippen molar-refractivity contribution in [3.8, 4) is 0 Å². The van der Waals surface area contributed by atoms with E-state index in [1.165, 1.54) is 11.1 Å². The third-order valence-electron chi connectivity index (χ3n) is 3.54. The zero-order chi connectivity index (χ0) is 13.9. The Labute approximate surface area is 118 Å². The van der Waals surface area contributed by atoms with Crippen LogP contribution in [0, 0.1) is 0 Å². The highest BCUT2D eigenvalue weighted by molar-refractivity contribution is 5.99. The van der Waals surface area contributed by atoms with Gasteiger partial charge in [-0.25, -0.2) is 0 Å². The van der Waals surface area contributed by atoms with Crippen LogP contribution >= 0.6 is 0 Å². The summed E-state index contributed by atoms with van der Waals surface area (Å²) in [4.78, 5) is 15.5. The van der Waals surface area contributed by atoms with Crippen molar-refractivity contribution in [2.45, 2.75) is 19.4 Å². The van der Waals surface area contributed by atoms with Gasteiger partial charge in [-0.2, -0.15) is 0 Å². The maximum Gasteiger partial charge on any atom is 0.228 e. The number of fused-ring (bicyclic) bond motifs is 1. The van der Waals surface area contributed by atoms with Gasteiger partial charge < -0.3 is 10.6 Å². The van der Waals surface area contributed by atoms with Crippen LogP contribution < -0.4 is 10.6 Å². The number of nitrogens with zero attached hydrogens (tertiary/aromatic N) is 1. The Bertz CT molecular complexity index is 625. The van der Waals surface area contributed by atoms with Gasteiger partial charge in [-0.3, -0.25) is 9.78 Å². The number of pyridine rings is 1. The Morgan fingerprint density at radius 3 is 2.80 bits per heavy atom. The second kappa shape index (κ2) is 5.43. The van der Waals surface area contributed by atoms with Gasteiger partial charge in [-0.15, -0.1) is 0 Å². The molecule has 1 aliphatic rings. The lowest BCUT2D eigenvalue weighted by Gasteiger charge is -2.19. The fourth-order valence-electron chi connectivity index (χ4n) is 2.62. The van der Waals surface area contributed by atoms with Crippen LogP contribution in [0.5, 0.6) is 0 Å². The predicted molar refractivity (Wildman–Crippen MR) is 78.5 cm³/mol. The standard InChI is InChI=1S/C16H17N3O/c1-2-18-16(11-5-7-17-8-6-11)12-3-4-14-13(9-12)10-15(20)19-14/h3-9,16,18H,2,10H2,1H3,(H,19,20). The molecule has 0 spiro atoms. The molecule has 0 saturated carbocycles. The second-order valence-electron chi connectivity index (χ2n) is 4.91. The van der Waals surface area contributed by atoms with Gasteiger partial charge in [0.25, 0.3) is 0 Å². The Morgan fingerprint density at radius 1 is 1.25 bits per heavy atom. The molecule has 2 aromatic rings. The summed E-state index contributed by atoms with van der Waals surface area (Å²) in [5, 5.41) is 6.35. The Morgan fingerprint density at radius 2 is 2.05 bits per heavy atom. The van der Waals surface area contributed by atoms with Crippen molar-refractivity contribution < 1.29 is 4.79 Å². The molecule has 2 heterocycles. The average molecular weight is 267 g/mol. The summed E-state index contributed by atoms with van der Waals surface area (Å²) < 4.78 is 0. The lowest BCUT2D eigenvalue weighted by Crippen LogP contribution is -2.22. The number of carbonyl (C=O) groups is 1. The number of benzene rings is 1. The van der Waals surface area contributed by atoms with Crippen LogP contribution in [0.3, 0.4) is 0 Å². The number of hydrogen-bond acceptors (Lipinski definition) is 3. The minimum absolute atomic E-state index is 0.0704. The van der Waals surface area contributed by atoms with Gasteiger partial charge in [0.2, 0.25) is 5.91 Å². The molecular formula is C16H17N3O. The number of rotatable bonds is 4. The first-order valence-corrected chi connectivity index (χ1v) is 6.84. The number of amides is 1. The first kappa shape index (κ1) is 12.8. The lowest BCUT2D eigenvalue weighted by atomic mass is 9.97. The van der Waals surface area contributed by atoms with E-state index in [1.54, 1.807) is 12.4 Å². The summed E-state index contributed by atoms with van der Waals surface area (Å²) >= 11 is 0. The molecule has 1 aromatic heterocycles. The first-order valence-electron chi connectivity index (χ1n) is 6.84. The maximum atomic E-state index is 11.4. The molecule has 1 aromatic carbocycles. The normalized spacial score (nSPS) is 14.8. The fraction of sp³-hybridized carbons (Fsp3) is 0.250. The summed E-state index contributed by atoms with van der Waals surface area (Å²) in [5.74, 6) is 0.0704. The van der Waals surface area contributed by atoms with Crippen LogP contribution in [0.1, 0.15) is 29.7 Å². The highest BCUT2D eigenvalue weighted by atomic mass is 16.1. The molecule has 20 heavy (non-hydrogen) atoms. The summed E-state index contributed by atoms with van der Waals surface area (Å²) in [6.45, 7) is 2.97. The van der Waals surface area contributed by atoms with E-state index in [1.807, 2.05) is 18.2 Å². The molecule has 4 heteroatoms. The molecule has 102 valence electrons. The summed E-state index contributed by atoms with van der Waals surface area (Å²) in [5.41, 5.74) is 4.36. The molecule has 0 aliphatic carbocycles. The topological polar surface area (TPSA) is 54.0 Å². The molecule has 0 bridgehead atoms. The zero-order valence-electron chi connectivity index (χ0n) is 11.4. The van der Waals surface area contributed by atoms with E-state index in [2.05, 4.69) is 34.7 Å². The molecule has 1 atom stereocenters. The van der Waals surface area contributed by atoms with Crippen LogP contribution in [0.15, 0.2) is 42.7 Å². The summed E-state index contributed by atoms with van der Waals surface area (Å²) in [6, 6.07) is 10.3. The smallest absolute Gasteiger partial charge is 0.228 e. The van der Waals surface area contributed by atoms with Crippen LogP contribution in [-0.4, -0.2) is 17.4 Å². The van der Waals surface area contributed by atoms with Gasteiger partial charge in [0.05, 0.1) is 12.5 Å². The monoisotopic (exact) mass is 267 g/mol.